The Morgan fingerprint density at radius 2 is 1.28 bits per heavy atom. The van der Waals surface area contributed by atoms with Gasteiger partial charge in [-0.3, -0.25) is 9.59 Å². The zero-order valence-corrected chi connectivity index (χ0v) is 12.1. The first-order valence-corrected chi connectivity index (χ1v) is 8.26. The number of thioether (sulfide) groups is 2. The van der Waals surface area contributed by atoms with Crippen LogP contribution in [0, 0.1) is 0 Å². The maximum atomic E-state index is 10.9. The molecule has 0 radical (unpaired) electrons. The minimum atomic E-state index is -0.981. The van der Waals surface area contributed by atoms with Crippen LogP contribution < -0.4 is 10.9 Å². The first-order chi connectivity index (χ1) is 8.52. The summed E-state index contributed by atoms with van der Waals surface area (Å²) in [5, 5.41) is 17.9. The summed E-state index contributed by atoms with van der Waals surface area (Å²) in [4.78, 5) is 21.9. The van der Waals surface area contributed by atoms with E-state index in [9.17, 15) is 9.59 Å². The molecule has 0 aromatic rings. The van der Waals surface area contributed by atoms with Crippen LogP contribution in [0.1, 0.15) is 12.8 Å². The molecule has 0 spiro atoms. The minimum Gasteiger partial charge on any atom is -0.480 e. The molecule has 0 aliphatic rings. The van der Waals surface area contributed by atoms with Crippen LogP contribution in [0.4, 0.5) is 0 Å². The third-order valence-corrected chi connectivity index (χ3v) is 3.54. The maximum Gasteiger partial charge on any atom is 0.322 e. The van der Waals surface area contributed by atoms with Crippen LogP contribution in [0.25, 0.3) is 0 Å². The number of carboxylic acids is 2. The van der Waals surface area contributed by atoms with Crippen molar-refractivity contribution in [2.24, 2.45) is 0 Å². The molecule has 2 atom stereocenters. The second-order valence-electron chi connectivity index (χ2n) is 3.63. The Morgan fingerprint density at radius 1 is 0.944 bits per heavy atom. The van der Waals surface area contributed by atoms with Crippen molar-refractivity contribution in [2.45, 2.75) is 24.9 Å². The fourth-order valence-corrected chi connectivity index (χ4v) is 2.13. The lowest BCUT2D eigenvalue weighted by Gasteiger charge is -2.19. The summed E-state index contributed by atoms with van der Waals surface area (Å²) >= 11 is 3.10. The van der Waals surface area contributed by atoms with E-state index in [4.69, 9.17) is 10.2 Å². The van der Waals surface area contributed by atoms with E-state index in [0.29, 0.717) is 24.3 Å². The van der Waals surface area contributed by atoms with Gasteiger partial charge in [-0.15, -0.1) is 0 Å². The van der Waals surface area contributed by atoms with Crippen LogP contribution in [-0.4, -0.2) is 58.3 Å². The molecule has 18 heavy (non-hydrogen) atoms. The van der Waals surface area contributed by atoms with E-state index in [2.05, 4.69) is 10.9 Å². The molecule has 6 nitrogen and oxygen atoms in total. The van der Waals surface area contributed by atoms with Gasteiger partial charge in [-0.2, -0.15) is 23.5 Å². The van der Waals surface area contributed by atoms with Gasteiger partial charge in [-0.05, 0) is 36.9 Å². The Kier molecular flexibility index (Phi) is 10.2. The molecular formula is C10H20N2O4S2. The molecular weight excluding hydrogens is 276 g/mol. The number of nitrogens with one attached hydrogen (secondary N) is 2. The van der Waals surface area contributed by atoms with Crippen molar-refractivity contribution in [2.75, 3.05) is 24.0 Å². The van der Waals surface area contributed by atoms with E-state index in [1.165, 1.54) is 0 Å². The van der Waals surface area contributed by atoms with Crippen LogP contribution in [0.3, 0.4) is 0 Å². The van der Waals surface area contributed by atoms with Gasteiger partial charge >= 0.3 is 11.9 Å². The van der Waals surface area contributed by atoms with E-state index in [1.807, 2.05) is 12.5 Å². The summed E-state index contributed by atoms with van der Waals surface area (Å²) in [5.41, 5.74) is 5.18. The first-order valence-electron chi connectivity index (χ1n) is 5.47. The third-order valence-electron chi connectivity index (χ3n) is 2.25. The molecule has 106 valence electrons. The third kappa shape index (κ3) is 7.80. The molecule has 8 heteroatoms. The molecule has 0 aliphatic heterocycles. The minimum absolute atomic E-state index is 0.443. The van der Waals surface area contributed by atoms with E-state index >= 15 is 0 Å². The lowest BCUT2D eigenvalue weighted by atomic mass is 10.2. The predicted molar refractivity (Wildman–Crippen MR) is 75.1 cm³/mol. The van der Waals surface area contributed by atoms with Crippen LogP contribution in [0.2, 0.25) is 0 Å². The van der Waals surface area contributed by atoms with Crippen LogP contribution in [-0.2, 0) is 9.59 Å². The van der Waals surface area contributed by atoms with Crippen LogP contribution in [0.15, 0.2) is 0 Å². The van der Waals surface area contributed by atoms with Crippen LogP contribution in [0.5, 0.6) is 0 Å². The topological polar surface area (TPSA) is 98.7 Å². The fraction of sp³-hybridized carbons (Fsp3) is 0.800. The van der Waals surface area contributed by atoms with Gasteiger partial charge in [0.05, 0.1) is 0 Å². The second kappa shape index (κ2) is 10.5. The van der Waals surface area contributed by atoms with Gasteiger partial charge in [-0.1, -0.05) is 0 Å². The highest BCUT2D eigenvalue weighted by Crippen LogP contribution is 2.02. The lowest BCUT2D eigenvalue weighted by Crippen LogP contribution is -2.52. The molecule has 0 heterocycles. The van der Waals surface area contributed by atoms with Crippen molar-refractivity contribution in [3.05, 3.63) is 0 Å². The smallest absolute Gasteiger partial charge is 0.322 e. The van der Waals surface area contributed by atoms with Crippen molar-refractivity contribution in [1.29, 1.82) is 0 Å². The molecule has 0 saturated carbocycles. The van der Waals surface area contributed by atoms with Crippen LogP contribution >= 0.6 is 23.5 Å². The summed E-state index contributed by atoms with van der Waals surface area (Å²) < 4.78 is 0. The number of aliphatic carboxylic acids is 2. The quantitative estimate of drug-likeness (QED) is 0.409. The molecule has 0 rings (SSSR count). The van der Waals surface area contributed by atoms with E-state index in [-0.39, 0.29) is 0 Å². The van der Waals surface area contributed by atoms with E-state index < -0.39 is 24.0 Å². The highest BCUT2D eigenvalue weighted by molar-refractivity contribution is 7.98. The van der Waals surface area contributed by atoms with E-state index in [0.717, 1.165) is 0 Å². The number of carbonyl (C=O) groups is 2. The molecule has 4 N–H and O–H groups in total. The molecule has 0 aromatic heterocycles. The molecule has 1 unspecified atom stereocenters. The van der Waals surface area contributed by atoms with Crippen molar-refractivity contribution < 1.29 is 19.8 Å². The zero-order valence-electron chi connectivity index (χ0n) is 10.5. The van der Waals surface area contributed by atoms with Gasteiger partial charge < -0.3 is 10.2 Å². The van der Waals surface area contributed by atoms with Crippen molar-refractivity contribution in [3.8, 4) is 0 Å². The maximum absolute atomic E-state index is 10.9. The highest BCUT2D eigenvalue weighted by Gasteiger charge is 2.21. The van der Waals surface area contributed by atoms with E-state index in [1.54, 1.807) is 23.5 Å². The van der Waals surface area contributed by atoms with Crippen molar-refractivity contribution in [1.82, 2.24) is 10.9 Å². The molecule has 0 saturated heterocycles. The van der Waals surface area contributed by atoms with Gasteiger partial charge in [0.25, 0.3) is 0 Å². The molecule has 0 bridgehead atoms. The Balaban J connectivity index is 4.18. The largest absolute Gasteiger partial charge is 0.480 e. The summed E-state index contributed by atoms with van der Waals surface area (Å²) in [7, 11) is 0. The molecule has 0 amide bonds. The Hall–Kier alpha value is -0.440. The highest BCUT2D eigenvalue weighted by atomic mass is 32.2. The predicted octanol–water partition coefficient (Wildman–Crippen LogP) is 0.493. The Bertz CT molecular complexity index is 240. The summed E-state index contributed by atoms with van der Waals surface area (Å²) in [6.45, 7) is 0. The normalized spacial score (nSPS) is 14.1. The summed E-state index contributed by atoms with van der Waals surface area (Å²) in [6, 6.07) is -1.54. The average molecular weight is 296 g/mol. The van der Waals surface area contributed by atoms with Gasteiger partial charge in [-0.25, -0.2) is 10.9 Å². The van der Waals surface area contributed by atoms with Gasteiger partial charge in [0.2, 0.25) is 0 Å². The second-order valence-corrected chi connectivity index (χ2v) is 5.60. The average Bonchev–Trinajstić information content (AvgIpc) is 2.31. The monoisotopic (exact) mass is 296 g/mol. The Labute approximate surface area is 115 Å². The zero-order chi connectivity index (χ0) is 14.0. The number of hydrogen-bond acceptors (Lipinski definition) is 6. The fourth-order valence-electron chi connectivity index (χ4n) is 1.19. The van der Waals surface area contributed by atoms with Crippen molar-refractivity contribution in [3.63, 3.8) is 0 Å². The number of hydrazine groups is 1. The molecule has 0 aromatic carbocycles. The number of hydrogen-bond donors (Lipinski definition) is 4. The number of carboxylic acid groups (broad SMARTS) is 2. The Morgan fingerprint density at radius 3 is 1.50 bits per heavy atom. The molecule has 0 fully saturated rings. The van der Waals surface area contributed by atoms with Gasteiger partial charge in [0, 0.05) is 0 Å². The lowest BCUT2D eigenvalue weighted by molar-refractivity contribution is -0.143. The van der Waals surface area contributed by atoms with Gasteiger partial charge in [0.15, 0.2) is 0 Å². The summed E-state index contributed by atoms with van der Waals surface area (Å²) in [6.07, 6.45) is 4.67. The first kappa shape index (κ1) is 17.6. The molecule has 0 aliphatic carbocycles. The van der Waals surface area contributed by atoms with Gasteiger partial charge in [0.1, 0.15) is 12.1 Å². The van der Waals surface area contributed by atoms with Crippen molar-refractivity contribution >= 4 is 35.5 Å². The SMILES string of the molecule is CSCCC(NN[C@@H](CCSC)C(=O)O)C(=O)O. The standard InChI is InChI=1S/C10H20N2O4S2/c1-17-5-3-7(9(13)14)11-12-8(10(15)16)4-6-18-2/h7-8,11-12H,3-6H2,1-2H3,(H,13,14)(H,15,16)/t7-,8?/m0/s1. The summed E-state index contributed by atoms with van der Waals surface area (Å²) in [5.74, 6) is -0.557. The number of rotatable bonds is 11.